The maximum absolute atomic E-state index is 12.1. The van der Waals surface area contributed by atoms with E-state index in [-0.39, 0.29) is 17.6 Å². The van der Waals surface area contributed by atoms with Crippen LogP contribution in [0.15, 0.2) is 35.5 Å². The van der Waals surface area contributed by atoms with Crippen LogP contribution in [0.4, 0.5) is 5.95 Å². The zero-order chi connectivity index (χ0) is 18.7. The summed E-state index contributed by atoms with van der Waals surface area (Å²) in [6, 6.07) is 8.66. The molecule has 0 unspecified atom stereocenters. The highest BCUT2D eigenvalue weighted by atomic mass is 32.1. The van der Waals surface area contributed by atoms with Crippen molar-refractivity contribution in [2.24, 2.45) is 5.16 Å². The molecule has 1 aromatic carbocycles. The Morgan fingerprint density at radius 1 is 1.35 bits per heavy atom. The van der Waals surface area contributed by atoms with Gasteiger partial charge >= 0.3 is 0 Å². The summed E-state index contributed by atoms with van der Waals surface area (Å²) in [5.41, 5.74) is 7.02. The van der Waals surface area contributed by atoms with E-state index in [1.807, 2.05) is 6.92 Å². The monoisotopic (exact) mass is 371 g/mol. The molecule has 9 heteroatoms. The average Bonchev–Trinajstić information content (AvgIpc) is 3.07. The van der Waals surface area contributed by atoms with Gasteiger partial charge in [0, 0.05) is 17.5 Å². The lowest BCUT2D eigenvalue weighted by Crippen LogP contribution is -2.21. The van der Waals surface area contributed by atoms with Gasteiger partial charge in [-0.2, -0.15) is 0 Å². The van der Waals surface area contributed by atoms with Crippen LogP contribution in [0.1, 0.15) is 27.9 Å². The number of aromatic nitrogens is 2. The fraction of sp³-hybridized carbons (Fsp3) is 0.176. The van der Waals surface area contributed by atoms with Crippen LogP contribution < -0.4 is 15.8 Å². The van der Waals surface area contributed by atoms with E-state index >= 15 is 0 Å². The predicted molar refractivity (Wildman–Crippen MR) is 100 cm³/mol. The van der Waals surface area contributed by atoms with E-state index in [9.17, 15) is 10.0 Å². The summed E-state index contributed by atoms with van der Waals surface area (Å²) in [7, 11) is 1.57. The molecule has 1 amide bonds. The lowest BCUT2D eigenvalue weighted by Gasteiger charge is -2.07. The number of nitrogens with two attached hydrogens (primary N) is 1. The minimum atomic E-state index is -0.202. The molecule has 4 N–H and O–H groups in total. The molecule has 0 saturated heterocycles. The molecule has 3 aromatic rings. The van der Waals surface area contributed by atoms with E-state index in [2.05, 4.69) is 20.4 Å². The fourth-order valence-corrected chi connectivity index (χ4v) is 3.42. The Morgan fingerprint density at radius 2 is 2.08 bits per heavy atom. The number of nitrogens with zero attached hydrogens (tertiary/aromatic N) is 3. The first-order valence-corrected chi connectivity index (χ1v) is 8.61. The van der Waals surface area contributed by atoms with E-state index in [4.69, 9.17) is 10.5 Å². The number of thiophene rings is 1. The fourth-order valence-electron chi connectivity index (χ4n) is 2.47. The van der Waals surface area contributed by atoms with Gasteiger partial charge in [0.2, 0.25) is 5.95 Å². The van der Waals surface area contributed by atoms with Crippen LogP contribution in [0.25, 0.3) is 10.2 Å². The van der Waals surface area contributed by atoms with Crippen molar-refractivity contribution in [2.45, 2.75) is 6.92 Å². The van der Waals surface area contributed by atoms with Crippen LogP contribution in [-0.4, -0.2) is 40.4 Å². The number of carbonyl (C=O) groups excluding carboxylic acids is 1. The number of rotatable bonds is 5. The molecule has 26 heavy (non-hydrogen) atoms. The highest BCUT2D eigenvalue weighted by molar-refractivity contribution is 7.20. The maximum atomic E-state index is 12.1. The summed E-state index contributed by atoms with van der Waals surface area (Å²) < 4.78 is 5.14. The molecule has 0 fully saturated rings. The number of hydrogen-bond donors (Lipinski definition) is 3. The van der Waals surface area contributed by atoms with Gasteiger partial charge in [-0.05, 0) is 37.3 Å². The number of oxime groups is 1. The number of hydrogen-bond acceptors (Lipinski definition) is 8. The molecule has 0 saturated carbocycles. The first kappa shape index (κ1) is 17.6. The van der Waals surface area contributed by atoms with E-state index in [1.165, 1.54) is 11.3 Å². The van der Waals surface area contributed by atoms with Crippen LogP contribution in [0, 0.1) is 0 Å². The number of amides is 1. The highest BCUT2D eigenvalue weighted by Gasteiger charge is 2.19. The molecule has 0 aliphatic rings. The van der Waals surface area contributed by atoms with Gasteiger partial charge in [0.1, 0.15) is 22.0 Å². The molecule has 0 aliphatic carbocycles. The lowest BCUT2D eigenvalue weighted by atomic mass is 10.0. The Morgan fingerprint density at radius 3 is 2.69 bits per heavy atom. The molecule has 0 radical (unpaired) electrons. The van der Waals surface area contributed by atoms with Gasteiger partial charge in [-0.25, -0.2) is 9.97 Å². The van der Waals surface area contributed by atoms with Crippen molar-refractivity contribution in [1.29, 1.82) is 0 Å². The molecular weight excluding hydrogens is 354 g/mol. The number of anilines is 1. The number of methoxy groups -OCH3 is 1. The van der Waals surface area contributed by atoms with Crippen molar-refractivity contribution in [3.63, 3.8) is 0 Å². The van der Waals surface area contributed by atoms with Crippen molar-refractivity contribution in [3.8, 4) is 5.75 Å². The first-order valence-electron chi connectivity index (χ1n) is 7.79. The minimum absolute atomic E-state index is 0.0338. The first-order chi connectivity index (χ1) is 12.6. The second-order valence-corrected chi connectivity index (χ2v) is 6.33. The molecular formula is C17H17N5O3S. The molecule has 134 valence electrons. The Labute approximate surface area is 153 Å². The summed E-state index contributed by atoms with van der Waals surface area (Å²) in [5.74, 6) is 0.505. The summed E-state index contributed by atoms with van der Waals surface area (Å²) in [6.45, 7) is 2.36. The molecule has 2 heterocycles. The Kier molecular flexibility index (Phi) is 4.99. The van der Waals surface area contributed by atoms with E-state index in [0.29, 0.717) is 38.6 Å². The van der Waals surface area contributed by atoms with E-state index < -0.39 is 0 Å². The molecule has 0 aliphatic heterocycles. The Balaban J connectivity index is 2.13. The normalized spacial score (nSPS) is 11.5. The van der Waals surface area contributed by atoms with Crippen molar-refractivity contribution in [3.05, 3.63) is 46.5 Å². The van der Waals surface area contributed by atoms with Crippen molar-refractivity contribution in [1.82, 2.24) is 15.3 Å². The van der Waals surface area contributed by atoms with Crippen molar-refractivity contribution < 1.29 is 14.7 Å². The predicted octanol–water partition coefficient (Wildman–Crippen LogP) is 2.26. The van der Waals surface area contributed by atoms with Gasteiger partial charge in [-0.15, -0.1) is 11.3 Å². The van der Waals surface area contributed by atoms with Gasteiger partial charge in [-0.3, -0.25) is 4.79 Å². The second-order valence-electron chi connectivity index (χ2n) is 5.30. The van der Waals surface area contributed by atoms with E-state index in [0.717, 1.165) is 0 Å². The zero-order valence-electron chi connectivity index (χ0n) is 14.2. The number of ether oxygens (including phenoxy) is 1. The second kappa shape index (κ2) is 7.36. The molecule has 8 nitrogen and oxygen atoms in total. The molecule has 0 atom stereocenters. The molecule has 2 aromatic heterocycles. The summed E-state index contributed by atoms with van der Waals surface area (Å²) in [5, 5.41) is 16.3. The Bertz CT molecular complexity index is 982. The van der Waals surface area contributed by atoms with Gasteiger partial charge in [0.05, 0.1) is 12.0 Å². The Hall–Kier alpha value is -3.20. The SMILES string of the molecule is CCNC(=O)c1cc2c(/C(=N/O)c3ccc(OC)cc3)nc(N)nc2s1. The smallest absolute Gasteiger partial charge is 0.261 e. The average molecular weight is 371 g/mol. The van der Waals surface area contributed by atoms with Gasteiger partial charge in [-0.1, -0.05) is 5.16 Å². The molecule has 0 bridgehead atoms. The van der Waals surface area contributed by atoms with Crippen molar-refractivity contribution >= 4 is 39.1 Å². The van der Waals surface area contributed by atoms with Gasteiger partial charge < -0.3 is 21.0 Å². The zero-order valence-corrected chi connectivity index (χ0v) is 15.0. The van der Waals surface area contributed by atoms with Crippen LogP contribution in [0.3, 0.4) is 0 Å². The third kappa shape index (κ3) is 3.29. The van der Waals surface area contributed by atoms with Gasteiger partial charge in [0.25, 0.3) is 5.91 Å². The van der Waals surface area contributed by atoms with E-state index in [1.54, 1.807) is 37.4 Å². The number of carbonyl (C=O) groups is 1. The minimum Gasteiger partial charge on any atom is -0.497 e. The summed E-state index contributed by atoms with van der Waals surface area (Å²) >= 11 is 1.20. The van der Waals surface area contributed by atoms with Crippen LogP contribution >= 0.6 is 11.3 Å². The standard InChI is InChI=1S/C17H17N5O3S/c1-3-19-15(23)12-8-11-14(20-17(18)21-16(11)26-12)13(22-24)9-4-6-10(25-2)7-5-9/h4-8,24H,3H2,1-2H3,(H,19,23)(H2,18,20,21)/b22-13+. The topological polar surface area (TPSA) is 123 Å². The highest BCUT2D eigenvalue weighted by Crippen LogP contribution is 2.28. The van der Waals surface area contributed by atoms with Gasteiger partial charge in [0.15, 0.2) is 0 Å². The third-order valence-electron chi connectivity index (χ3n) is 3.66. The molecule has 0 spiro atoms. The van der Waals surface area contributed by atoms with Crippen LogP contribution in [0.5, 0.6) is 5.75 Å². The number of nitrogens with one attached hydrogen (secondary N) is 1. The van der Waals surface area contributed by atoms with Crippen LogP contribution in [-0.2, 0) is 0 Å². The molecule has 3 rings (SSSR count). The summed E-state index contributed by atoms with van der Waals surface area (Å²) in [4.78, 5) is 21.6. The maximum Gasteiger partial charge on any atom is 0.261 e. The third-order valence-corrected chi connectivity index (χ3v) is 4.69. The number of benzene rings is 1. The summed E-state index contributed by atoms with van der Waals surface area (Å²) in [6.07, 6.45) is 0. The van der Waals surface area contributed by atoms with Crippen LogP contribution in [0.2, 0.25) is 0 Å². The number of nitrogen functional groups attached to an aromatic ring is 1. The largest absolute Gasteiger partial charge is 0.497 e. The van der Waals surface area contributed by atoms with Crippen molar-refractivity contribution in [2.75, 3.05) is 19.4 Å². The lowest BCUT2D eigenvalue weighted by molar-refractivity contribution is 0.0960. The quantitative estimate of drug-likeness (QED) is 0.359. The number of fused-ring (bicyclic) bond motifs is 1.